The van der Waals surface area contributed by atoms with Crippen molar-refractivity contribution >= 4 is 5.97 Å². The number of hydrogen-bond acceptors (Lipinski definition) is 5. The number of methoxy groups -OCH3 is 1. The Bertz CT molecular complexity index is 936. The number of ether oxygens (including phenoxy) is 1. The van der Waals surface area contributed by atoms with Gasteiger partial charge in [0, 0.05) is 36.5 Å². The number of carboxylic acids is 1. The summed E-state index contributed by atoms with van der Waals surface area (Å²) in [5, 5.41) is 9.48. The van der Waals surface area contributed by atoms with Gasteiger partial charge in [0.05, 0.1) is 18.5 Å². The van der Waals surface area contributed by atoms with Gasteiger partial charge in [-0.3, -0.25) is 4.98 Å². The van der Waals surface area contributed by atoms with Crippen LogP contribution in [0.1, 0.15) is 16.2 Å². The second kappa shape index (κ2) is 8.01. The molecule has 0 aliphatic rings. The number of pyridine rings is 1. The molecular formula is C20H22N4O3. The number of rotatable bonds is 7. The van der Waals surface area contributed by atoms with Crippen molar-refractivity contribution in [3.05, 3.63) is 54.1 Å². The highest BCUT2D eigenvalue weighted by molar-refractivity contribution is 5.93. The fraction of sp³-hybridized carbons (Fsp3) is 0.250. The lowest BCUT2D eigenvalue weighted by Crippen LogP contribution is -2.15. The summed E-state index contributed by atoms with van der Waals surface area (Å²) < 4.78 is 5.16. The molecule has 0 bridgehead atoms. The number of imidazole rings is 1. The number of hydrogen-bond donors (Lipinski definition) is 2. The van der Waals surface area contributed by atoms with Gasteiger partial charge in [-0.1, -0.05) is 0 Å². The van der Waals surface area contributed by atoms with E-state index in [1.54, 1.807) is 24.5 Å². The maximum Gasteiger partial charge on any atom is 0.339 e. The van der Waals surface area contributed by atoms with E-state index in [0.29, 0.717) is 17.0 Å². The van der Waals surface area contributed by atoms with Gasteiger partial charge in [0.15, 0.2) is 0 Å². The van der Waals surface area contributed by atoms with Crippen LogP contribution in [0.2, 0.25) is 0 Å². The molecule has 3 rings (SSSR count). The molecule has 0 saturated carbocycles. The Morgan fingerprint density at radius 3 is 2.56 bits per heavy atom. The number of aromatic nitrogens is 3. The molecule has 1 aromatic carbocycles. The normalized spacial score (nSPS) is 11.0. The summed E-state index contributed by atoms with van der Waals surface area (Å²) in [6, 6.07) is 8.87. The van der Waals surface area contributed by atoms with Crippen LogP contribution in [0.5, 0.6) is 5.75 Å². The van der Waals surface area contributed by atoms with Crippen LogP contribution in [-0.2, 0) is 6.42 Å². The molecule has 0 fully saturated rings. The smallest absolute Gasteiger partial charge is 0.339 e. The minimum atomic E-state index is -1.04. The number of carbonyl (C=O) groups is 1. The lowest BCUT2D eigenvalue weighted by Gasteiger charge is -2.08. The summed E-state index contributed by atoms with van der Waals surface area (Å²) in [5.74, 6) is 0.126. The molecule has 7 heteroatoms. The third kappa shape index (κ3) is 4.15. The SMILES string of the molecule is COc1ccc(-c2nc(CCN(C)C)[nH]c2-c2ccncc2)cc1C(=O)O. The van der Waals surface area contributed by atoms with Crippen LogP contribution in [0.3, 0.4) is 0 Å². The molecule has 0 atom stereocenters. The fourth-order valence-electron chi connectivity index (χ4n) is 2.83. The van der Waals surface area contributed by atoms with Gasteiger partial charge in [-0.15, -0.1) is 0 Å². The minimum absolute atomic E-state index is 0.105. The largest absolute Gasteiger partial charge is 0.496 e. The zero-order valence-electron chi connectivity index (χ0n) is 15.6. The third-order valence-corrected chi connectivity index (χ3v) is 4.22. The molecule has 3 aromatic rings. The number of carboxylic acid groups (broad SMARTS) is 1. The number of nitrogens with one attached hydrogen (secondary N) is 1. The number of aromatic amines is 1. The van der Waals surface area contributed by atoms with Crippen molar-refractivity contribution in [2.45, 2.75) is 6.42 Å². The van der Waals surface area contributed by atoms with Gasteiger partial charge in [0.25, 0.3) is 0 Å². The average molecular weight is 366 g/mol. The van der Waals surface area contributed by atoms with Crippen LogP contribution in [0.4, 0.5) is 0 Å². The second-order valence-electron chi connectivity index (χ2n) is 6.42. The first kappa shape index (κ1) is 18.6. The molecule has 0 amide bonds. The third-order valence-electron chi connectivity index (χ3n) is 4.22. The van der Waals surface area contributed by atoms with E-state index in [1.807, 2.05) is 32.3 Å². The predicted molar refractivity (Wildman–Crippen MR) is 103 cm³/mol. The van der Waals surface area contributed by atoms with Gasteiger partial charge in [0.1, 0.15) is 17.1 Å². The van der Waals surface area contributed by atoms with Crippen LogP contribution >= 0.6 is 0 Å². The molecule has 0 unspecified atom stereocenters. The number of aromatic carboxylic acids is 1. The van der Waals surface area contributed by atoms with E-state index in [9.17, 15) is 9.90 Å². The second-order valence-corrected chi connectivity index (χ2v) is 6.42. The summed E-state index contributed by atoms with van der Waals surface area (Å²) in [6.07, 6.45) is 4.19. The van der Waals surface area contributed by atoms with Gasteiger partial charge >= 0.3 is 5.97 Å². The molecule has 2 N–H and O–H groups in total. The molecule has 27 heavy (non-hydrogen) atoms. The van der Waals surface area contributed by atoms with Crippen molar-refractivity contribution in [1.82, 2.24) is 19.9 Å². The van der Waals surface area contributed by atoms with E-state index < -0.39 is 5.97 Å². The highest BCUT2D eigenvalue weighted by Crippen LogP contribution is 2.32. The van der Waals surface area contributed by atoms with Crippen molar-refractivity contribution in [2.24, 2.45) is 0 Å². The molecule has 2 aromatic heterocycles. The summed E-state index contributed by atoms with van der Waals surface area (Å²) in [6.45, 7) is 0.853. The monoisotopic (exact) mass is 366 g/mol. The van der Waals surface area contributed by atoms with E-state index in [-0.39, 0.29) is 5.56 Å². The summed E-state index contributed by atoms with van der Waals surface area (Å²) in [5.41, 5.74) is 3.31. The number of benzene rings is 1. The summed E-state index contributed by atoms with van der Waals surface area (Å²) in [7, 11) is 5.48. The first-order valence-corrected chi connectivity index (χ1v) is 8.55. The summed E-state index contributed by atoms with van der Waals surface area (Å²) >= 11 is 0. The lowest BCUT2D eigenvalue weighted by molar-refractivity contribution is 0.0693. The van der Waals surface area contributed by atoms with Crippen LogP contribution in [0.25, 0.3) is 22.5 Å². The first-order valence-electron chi connectivity index (χ1n) is 8.55. The average Bonchev–Trinajstić information content (AvgIpc) is 3.11. The van der Waals surface area contributed by atoms with Crippen LogP contribution in [0.15, 0.2) is 42.7 Å². The van der Waals surface area contributed by atoms with Gasteiger partial charge in [0.2, 0.25) is 0 Å². The molecule has 0 spiro atoms. The predicted octanol–water partition coefficient (Wildman–Crippen LogP) is 2.95. The zero-order valence-corrected chi connectivity index (χ0v) is 15.6. The van der Waals surface area contributed by atoms with Crippen molar-refractivity contribution < 1.29 is 14.6 Å². The molecular weight excluding hydrogens is 344 g/mol. The molecule has 140 valence electrons. The van der Waals surface area contributed by atoms with E-state index in [0.717, 1.165) is 30.0 Å². The van der Waals surface area contributed by atoms with Gasteiger partial charge in [-0.2, -0.15) is 0 Å². The lowest BCUT2D eigenvalue weighted by atomic mass is 10.0. The van der Waals surface area contributed by atoms with E-state index in [1.165, 1.54) is 7.11 Å². The molecule has 0 aliphatic carbocycles. The van der Waals surface area contributed by atoms with Gasteiger partial charge in [-0.25, -0.2) is 9.78 Å². The van der Waals surface area contributed by atoms with Crippen molar-refractivity contribution in [3.8, 4) is 28.3 Å². The zero-order chi connectivity index (χ0) is 19.4. The van der Waals surface area contributed by atoms with Crippen molar-refractivity contribution in [3.63, 3.8) is 0 Å². The molecule has 0 aliphatic heterocycles. The summed E-state index contributed by atoms with van der Waals surface area (Å²) in [4.78, 5) is 25.9. The van der Waals surface area contributed by atoms with E-state index in [4.69, 9.17) is 9.72 Å². The first-order chi connectivity index (χ1) is 13.0. The molecule has 7 nitrogen and oxygen atoms in total. The van der Waals surface area contributed by atoms with E-state index in [2.05, 4.69) is 14.9 Å². The standard InChI is InChI=1S/C20H22N4O3/c1-24(2)11-8-17-22-18(13-6-9-21-10-7-13)19(23-17)14-4-5-16(27-3)15(12-14)20(25)26/h4-7,9-10,12H,8,11H2,1-3H3,(H,22,23)(H,25,26). The Morgan fingerprint density at radius 2 is 1.93 bits per heavy atom. The van der Waals surface area contributed by atoms with Crippen molar-refractivity contribution in [2.75, 3.05) is 27.7 Å². The molecule has 2 heterocycles. The highest BCUT2D eigenvalue weighted by Gasteiger charge is 2.18. The quantitative estimate of drug-likeness (QED) is 0.668. The number of likely N-dealkylation sites (N-methyl/N-ethyl adjacent to an activating group) is 1. The highest BCUT2D eigenvalue weighted by atomic mass is 16.5. The minimum Gasteiger partial charge on any atom is -0.496 e. The maximum absolute atomic E-state index is 11.6. The topological polar surface area (TPSA) is 91.3 Å². The Hall–Kier alpha value is -3.19. The Kier molecular flexibility index (Phi) is 5.52. The van der Waals surface area contributed by atoms with E-state index >= 15 is 0 Å². The van der Waals surface area contributed by atoms with Gasteiger partial charge < -0.3 is 19.7 Å². The van der Waals surface area contributed by atoms with Crippen molar-refractivity contribution in [1.29, 1.82) is 0 Å². The Morgan fingerprint density at radius 1 is 1.19 bits per heavy atom. The van der Waals surface area contributed by atoms with Crippen LogP contribution in [-0.4, -0.2) is 58.7 Å². The molecule has 0 saturated heterocycles. The number of nitrogens with zero attached hydrogens (tertiary/aromatic N) is 3. The van der Waals surface area contributed by atoms with Gasteiger partial charge in [-0.05, 0) is 44.4 Å². The fourth-order valence-corrected chi connectivity index (χ4v) is 2.83. The number of H-pyrrole nitrogens is 1. The van der Waals surface area contributed by atoms with Crippen LogP contribution < -0.4 is 4.74 Å². The van der Waals surface area contributed by atoms with Crippen LogP contribution in [0, 0.1) is 0 Å². The maximum atomic E-state index is 11.6. The molecule has 0 radical (unpaired) electrons. The Balaban J connectivity index is 2.10. The Labute approximate surface area is 157 Å².